The first kappa shape index (κ1) is 23.2. The minimum Gasteiger partial charge on any atom is -0.457 e. The van der Waals surface area contributed by atoms with E-state index in [0.717, 1.165) is 0 Å². The quantitative estimate of drug-likeness (QED) is 0.211. The molecular weight excluding hydrogens is 408 g/mol. The van der Waals surface area contributed by atoms with Crippen LogP contribution in [0.4, 0.5) is 11.4 Å². The van der Waals surface area contributed by atoms with E-state index in [4.69, 9.17) is 9.47 Å². The lowest BCUT2D eigenvalue weighted by Crippen LogP contribution is -2.17. The Labute approximate surface area is 177 Å². The molecule has 0 fully saturated rings. The van der Waals surface area contributed by atoms with Crippen molar-refractivity contribution in [2.75, 3.05) is 11.9 Å². The molecule has 1 amide bonds. The Morgan fingerprint density at radius 1 is 1.03 bits per heavy atom. The third-order valence-electron chi connectivity index (χ3n) is 4.05. The number of ether oxygens (including phenoxy) is 2. The van der Waals surface area contributed by atoms with Gasteiger partial charge >= 0.3 is 11.9 Å². The maximum Gasteiger partial charge on any atom is 0.308 e. The Morgan fingerprint density at radius 2 is 1.71 bits per heavy atom. The highest BCUT2D eigenvalue weighted by atomic mass is 16.6. The molecule has 1 N–H and O–H groups in total. The van der Waals surface area contributed by atoms with Crippen LogP contribution < -0.4 is 10.1 Å². The minimum absolute atomic E-state index is 0.0928. The first-order valence-corrected chi connectivity index (χ1v) is 9.18. The van der Waals surface area contributed by atoms with E-state index in [2.05, 4.69) is 5.32 Å². The van der Waals surface area contributed by atoms with Crippen molar-refractivity contribution in [2.24, 2.45) is 0 Å². The number of aryl methyl sites for hydroxylation is 1. The second kappa shape index (κ2) is 10.6. The number of non-ortho nitro benzene ring substituents is 1. The fraction of sp³-hybridized carbons (Fsp3) is 0.238. The Kier molecular flexibility index (Phi) is 7.95. The molecule has 2 aromatic carbocycles. The molecular formula is C21H20N2O8. The molecule has 0 aliphatic carbocycles. The maximum atomic E-state index is 12.1. The second-order valence-corrected chi connectivity index (χ2v) is 6.51. The third-order valence-corrected chi connectivity index (χ3v) is 4.05. The van der Waals surface area contributed by atoms with Gasteiger partial charge in [0, 0.05) is 36.7 Å². The molecule has 0 saturated carbocycles. The number of hydrogen-bond donors (Lipinski definition) is 1. The SMILES string of the molecule is CC(=O)Oc1ccc(C(=O)COC(=O)CCC(=O)Nc2ccc([N+](=O)[O-])cc2C)cc1. The van der Waals surface area contributed by atoms with Crippen LogP contribution in [0.2, 0.25) is 0 Å². The van der Waals surface area contributed by atoms with Gasteiger partial charge in [-0.2, -0.15) is 0 Å². The first-order valence-electron chi connectivity index (χ1n) is 9.18. The van der Waals surface area contributed by atoms with Crippen molar-refractivity contribution in [2.45, 2.75) is 26.7 Å². The summed E-state index contributed by atoms with van der Waals surface area (Å²) in [5.41, 5.74) is 1.09. The molecule has 10 heteroatoms. The van der Waals surface area contributed by atoms with E-state index in [-0.39, 0.29) is 29.8 Å². The average molecular weight is 428 g/mol. The molecule has 0 atom stereocenters. The van der Waals surface area contributed by atoms with Crippen LogP contribution in [0.5, 0.6) is 5.75 Å². The van der Waals surface area contributed by atoms with Crippen LogP contribution in [-0.2, 0) is 19.1 Å². The molecule has 0 aromatic heterocycles. The molecule has 0 aliphatic heterocycles. The maximum absolute atomic E-state index is 12.1. The number of nitrogens with zero attached hydrogens (tertiary/aromatic N) is 1. The molecule has 0 spiro atoms. The smallest absolute Gasteiger partial charge is 0.308 e. The normalized spacial score (nSPS) is 10.1. The summed E-state index contributed by atoms with van der Waals surface area (Å²) < 4.78 is 9.76. The number of nitro groups is 1. The van der Waals surface area contributed by atoms with Crippen LogP contribution >= 0.6 is 0 Å². The number of anilines is 1. The molecule has 2 rings (SSSR count). The number of carbonyl (C=O) groups excluding carboxylic acids is 4. The van der Waals surface area contributed by atoms with E-state index >= 15 is 0 Å². The summed E-state index contributed by atoms with van der Waals surface area (Å²) in [5, 5.41) is 13.3. The van der Waals surface area contributed by atoms with Gasteiger partial charge in [-0.1, -0.05) is 0 Å². The van der Waals surface area contributed by atoms with Gasteiger partial charge in [0.25, 0.3) is 5.69 Å². The summed E-state index contributed by atoms with van der Waals surface area (Å²) in [5.74, 6) is -1.84. The standard InChI is InChI=1S/C21H20N2O8/c1-13-11-16(23(28)29)5-8-18(13)22-20(26)9-10-21(27)30-12-19(25)15-3-6-17(7-4-15)31-14(2)24/h3-8,11H,9-10,12H2,1-2H3,(H,22,26). The molecule has 162 valence electrons. The van der Waals surface area contributed by atoms with Crippen LogP contribution in [0.15, 0.2) is 42.5 Å². The van der Waals surface area contributed by atoms with Gasteiger partial charge in [-0.3, -0.25) is 29.3 Å². The number of esters is 2. The summed E-state index contributed by atoms with van der Waals surface area (Å²) in [4.78, 5) is 57.0. The average Bonchev–Trinajstić information content (AvgIpc) is 2.72. The molecule has 0 radical (unpaired) electrons. The van der Waals surface area contributed by atoms with Crippen molar-refractivity contribution in [3.05, 3.63) is 63.7 Å². The topological polar surface area (TPSA) is 142 Å². The largest absolute Gasteiger partial charge is 0.457 e. The predicted molar refractivity (Wildman–Crippen MR) is 109 cm³/mol. The van der Waals surface area contributed by atoms with Gasteiger partial charge in [0.2, 0.25) is 5.91 Å². The number of amides is 1. The predicted octanol–water partition coefficient (Wildman–Crippen LogP) is 2.97. The van der Waals surface area contributed by atoms with Gasteiger partial charge in [-0.05, 0) is 42.8 Å². The molecule has 31 heavy (non-hydrogen) atoms. The van der Waals surface area contributed by atoms with Crippen LogP contribution in [0, 0.1) is 17.0 Å². The van der Waals surface area contributed by atoms with E-state index in [9.17, 15) is 29.3 Å². The van der Waals surface area contributed by atoms with Crippen molar-refractivity contribution in [3.63, 3.8) is 0 Å². The highest BCUT2D eigenvalue weighted by molar-refractivity contribution is 5.98. The van der Waals surface area contributed by atoms with Gasteiger partial charge in [0.15, 0.2) is 12.4 Å². The van der Waals surface area contributed by atoms with E-state index < -0.39 is 35.2 Å². The summed E-state index contributed by atoms with van der Waals surface area (Å²) in [6, 6.07) is 9.77. The van der Waals surface area contributed by atoms with Crippen molar-refractivity contribution >= 4 is 35.0 Å². The van der Waals surface area contributed by atoms with Gasteiger partial charge in [0.1, 0.15) is 5.75 Å². The van der Waals surface area contributed by atoms with Crippen molar-refractivity contribution in [3.8, 4) is 5.75 Å². The van der Waals surface area contributed by atoms with Gasteiger partial charge in [-0.15, -0.1) is 0 Å². The number of rotatable bonds is 9. The molecule has 0 heterocycles. The van der Waals surface area contributed by atoms with Crippen molar-refractivity contribution in [1.29, 1.82) is 0 Å². The first-order chi connectivity index (χ1) is 14.7. The van der Waals surface area contributed by atoms with E-state index in [1.165, 1.54) is 49.4 Å². The van der Waals surface area contributed by atoms with E-state index in [0.29, 0.717) is 11.3 Å². The number of benzene rings is 2. The lowest BCUT2D eigenvalue weighted by atomic mass is 10.1. The lowest BCUT2D eigenvalue weighted by Gasteiger charge is -2.08. The molecule has 2 aromatic rings. The van der Waals surface area contributed by atoms with Crippen LogP contribution in [-0.4, -0.2) is 35.2 Å². The zero-order chi connectivity index (χ0) is 23.0. The number of ketones is 1. The van der Waals surface area contributed by atoms with Gasteiger partial charge in [-0.25, -0.2) is 0 Å². The van der Waals surface area contributed by atoms with E-state index in [1.807, 2.05) is 0 Å². The molecule has 0 bridgehead atoms. The highest BCUT2D eigenvalue weighted by Crippen LogP contribution is 2.21. The van der Waals surface area contributed by atoms with E-state index in [1.54, 1.807) is 6.92 Å². The fourth-order valence-corrected chi connectivity index (χ4v) is 2.51. The number of nitrogens with one attached hydrogen (secondary N) is 1. The number of nitro benzene ring substituents is 1. The monoisotopic (exact) mass is 428 g/mol. The Bertz CT molecular complexity index is 1010. The van der Waals surface area contributed by atoms with Crippen molar-refractivity contribution in [1.82, 2.24) is 0 Å². The van der Waals surface area contributed by atoms with Crippen LogP contribution in [0.3, 0.4) is 0 Å². The molecule has 0 saturated heterocycles. The zero-order valence-corrected chi connectivity index (χ0v) is 16.9. The molecule has 0 unspecified atom stereocenters. The summed E-state index contributed by atoms with van der Waals surface area (Å²) in [6.07, 6.45) is -0.420. The summed E-state index contributed by atoms with van der Waals surface area (Å²) in [6.45, 7) is 2.38. The summed E-state index contributed by atoms with van der Waals surface area (Å²) in [7, 11) is 0. The van der Waals surface area contributed by atoms with Crippen LogP contribution in [0.25, 0.3) is 0 Å². The second-order valence-electron chi connectivity index (χ2n) is 6.51. The molecule has 10 nitrogen and oxygen atoms in total. The number of Topliss-reactive ketones (excluding diaryl/α,β-unsaturated/α-hetero) is 1. The summed E-state index contributed by atoms with van der Waals surface area (Å²) >= 11 is 0. The minimum atomic E-state index is -0.722. The fourth-order valence-electron chi connectivity index (χ4n) is 2.51. The number of carbonyl (C=O) groups is 4. The Balaban J connectivity index is 1.77. The van der Waals surface area contributed by atoms with Crippen LogP contribution in [0.1, 0.15) is 35.7 Å². The number of hydrogen-bond acceptors (Lipinski definition) is 8. The Morgan fingerprint density at radius 3 is 2.29 bits per heavy atom. The van der Waals surface area contributed by atoms with Gasteiger partial charge < -0.3 is 14.8 Å². The zero-order valence-electron chi connectivity index (χ0n) is 16.9. The Hall–Kier alpha value is -4.08. The van der Waals surface area contributed by atoms with Crippen molar-refractivity contribution < 1.29 is 33.6 Å². The molecule has 0 aliphatic rings. The lowest BCUT2D eigenvalue weighted by molar-refractivity contribution is -0.384. The highest BCUT2D eigenvalue weighted by Gasteiger charge is 2.14. The van der Waals surface area contributed by atoms with Gasteiger partial charge in [0.05, 0.1) is 11.3 Å². The third kappa shape index (κ3) is 7.35.